The van der Waals surface area contributed by atoms with Crippen molar-refractivity contribution >= 4 is 5.91 Å². The molecule has 0 radical (unpaired) electrons. The van der Waals surface area contributed by atoms with Crippen LogP contribution in [0.1, 0.15) is 38.8 Å². The maximum Gasteiger partial charge on any atom is 0.259 e. The Bertz CT molecular complexity index is 723. The van der Waals surface area contributed by atoms with Gasteiger partial charge in [-0.25, -0.2) is 0 Å². The summed E-state index contributed by atoms with van der Waals surface area (Å²) in [6.45, 7) is 6.66. The predicted octanol–water partition coefficient (Wildman–Crippen LogP) is 2.32. The molecular formula is C23H37N3O5. The van der Waals surface area contributed by atoms with Crippen LogP contribution < -0.4 is 4.74 Å². The van der Waals surface area contributed by atoms with Crippen LogP contribution >= 0.6 is 0 Å². The summed E-state index contributed by atoms with van der Waals surface area (Å²) >= 11 is 0. The first-order valence-electron chi connectivity index (χ1n) is 11.1. The topological polar surface area (TPSA) is 73.4 Å². The molecule has 0 bridgehead atoms. The minimum absolute atomic E-state index is 0.0486. The van der Waals surface area contributed by atoms with E-state index in [4.69, 9.17) is 18.9 Å². The number of hydrogen-bond donors (Lipinski definition) is 0. The van der Waals surface area contributed by atoms with Crippen LogP contribution in [0.4, 0.5) is 0 Å². The Morgan fingerprint density at radius 2 is 1.97 bits per heavy atom. The number of likely N-dealkylation sites (tertiary alicyclic amines) is 2. The molecule has 2 aliphatic rings. The molecule has 2 saturated heterocycles. The Morgan fingerprint density at radius 1 is 1.23 bits per heavy atom. The van der Waals surface area contributed by atoms with Gasteiger partial charge in [-0.05, 0) is 38.3 Å². The number of pyridine rings is 1. The van der Waals surface area contributed by atoms with Crippen LogP contribution in [-0.4, -0.2) is 86.3 Å². The smallest absolute Gasteiger partial charge is 0.259 e. The lowest BCUT2D eigenvalue weighted by molar-refractivity contribution is -0.235. The monoisotopic (exact) mass is 435 g/mol. The Kier molecular flexibility index (Phi) is 8.27. The van der Waals surface area contributed by atoms with Crippen molar-refractivity contribution in [2.24, 2.45) is 5.92 Å². The number of hydrogen-bond acceptors (Lipinski definition) is 7. The SMILES string of the molecule is COCOC1(Cc2cc(OC3CCN(C)CC3)ccn2)C(=O)N(COC)C1CC(C)C. The molecule has 0 spiro atoms. The molecule has 31 heavy (non-hydrogen) atoms. The predicted molar refractivity (Wildman–Crippen MR) is 117 cm³/mol. The zero-order valence-corrected chi connectivity index (χ0v) is 19.5. The molecule has 2 atom stereocenters. The zero-order valence-electron chi connectivity index (χ0n) is 19.5. The molecule has 0 aromatic carbocycles. The summed E-state index contributed by atoms with van der Waals surface area (Å²) in [5, 5.41) is 0. The van der Waals surface area contributed by atoms with Gasteiger partial charge in [0, 0.05) is 51.7 Å². The second-order valence-corrected chi connectivity index (χ2v) is 9.06. The van der Waals surface area contributed by atoms with E-state index in [9.17, 15) is 4.79 Å². The van der Waals surface area contributed by atoms with Crippen molar-refractivity contribution in [1.29, 1.82) is 0 Å². The number of nitrogens with zero attached hydrogens (tertiary/aromatic N) is 3. The van der Waals surface area contributed by atoms with Crippen molar-refractivity contribution in [3.05, 3.63) is 24.0 Å². The Hall–Kier alpha value is -1.74. The summed E-state index contributed by atoms with van der Waals surface area (Å²) in [6, 6.07) is 3.72. The minimum atomic E-state index is -1.00. The first-order chi connectivity index (χ1) is 14.9. The molecule has 2 aliphatic heterocycles. The average molecular weight is 436 g/mol. The van der Waals surface area contributed by atoms with E-state index in [0.29, 0.717) is 12.3 Å². The minimum Gasteiger partial charge on any atom is -0.490 e. The summed E-state index contributed by atoms with van der Waals surface area (Å²) in [4.78, 5) is 21.8. The van der Waals surface area contributed by atoms with Crippen LogP contribution in [0.25, 0.3) is 0 Å². The normalized spacial score (nSPS) is 25.2. The fourth-order valence-corrected chi connectivity index (χ4v) is 4.52. The molecule has 1 amide bonds. The molecule has 0 aliphatic carbocycles. The van der Waals surface area contributed by atoms with Gasteiger partial charge in [0.15, 0.2) is 5.60 Å². The Balaban J connectivity index is 1.78. The number of carbonyl (C=O) groups excluding carboxylic acids is 1. The van der Waals surface area contributed by atoms with Crippen molar-refractivity contribution < 1.29 is 23.7 Å². The molecule has 2 fully saturated rings. The van der Waals surface area contributed by atoms with E-state index in [1.165, 1.54) is 0 Å². The zero-order chi connectivity index (χ0) is 22.4. The molecule has 0 N–H and O–H groups in total. The average Bonchev–Trinajstić information content (AvgIpc) is 2.75. The van der Waals surface area contributed by atoms with Gasteiger partial charge >= 0.3 is 0 Å². The maximum atomic E-state index is 13.2. The fourth-order valence-electron chi connectivity index (χ4n) is 4.52. The highest BCUT2D eigenvalue weighted by molar-refractivity contribution is 5.93. The van der Waals surface area contributed by atoms with Gasteiger partial charge in [0.05, 0.1) is 6.04 Å². The van der Waals surface area contributed by atoms with E-state index in [2.05, 4.69) is 30.8 Å². The highest BCUT2D eigenvalue weighted by Crippen LogP contribution is 2.41. The third kappa shape index (κ3) is 5.55. The van der Waals surface area contributed by atoms with Crippen LogP contribution in [0.2, 0.25) is 0 Å². The van der Waals surface area contributed by atoms with E-state index >= 15 is 0 Å². The highest BCUT2D eigenvalue weighted by atomic mass is 16.7. The first-order valence-corrected chi connectivity index (χ1v) is 11.1. The van der Waals surface area contributed by atoms with Crippen molar-refractivity contribution in [1.82, 2.24) is 14.8 Å². The Morgan fingerprint density at radius 3 is 2.61 bits per heavy atom. The molecule has 2 unspecified atom stereocenters. The number of methoxy groups -OCH3 is 2. The van der Waals surface area contributed by atoms with E-state index < -0.39 is 5.60 Å². The molecule has 8 nitrogen and oxygen atoms in total. The van der Waals surface area contributed by atoms with Crippen molar-refractivity contribution in [2.45, 2.75) is 57.3 Å². The van der Waals surface area contributed by atoms with Crippen LogP contribution in [0.5, 0.6) is 5.75 Å². The van der Waals surface area contributed by atoms with E-state index in [1.54, 1.807) is 25.3 Å². The van der Waals surface area contributed by atoms with Crippen LogP contribution in [0.15, 0.2) is 18.3 Å². The maximum absolute atomic E-state index is 13.2. The van der Waals surface area contributed by atoms with Crippen molar-refractivity contribution in [3.63, 3.8) is 0 Å². The molecule has 0 saturated carbocycles. The van der Waals surface area contributed by atoms with Gasteiger partial charge in [0.2, 0.25) is 0 Å². The Labute approximate surface area is 185 Å². The lowest BCUT2D eigenvalue weighted by Crippen LogP contribution is -2.76. The van der Waals surface area contributed by atoms with E-state index in [-0.39, 0.29) is 31.6 Å². The molecule has 8 heteroatoms. The summed E-state index contributed by atoms with van der Waals surface area (Å²) in [5.41, 5.74) is -0.224. The summed E-state index contributed by atoms with van der Waals surface area (Å²) in [6.07, 6.45) is 5.16. The number of β-lactam (4-membered cyclic amide) rings is 1. The number of aromatic nitrogens is 1. The van der Waals surface area contributed by atoms with E-state index in [1.807, 2.05) is 12.1 Å². The van der Waals surface area contributed by atoms with Gasteiger partial charge in [0.25, 0.3) is 5.91 Å². The van der Waals surface area contributed by atoms with Crippen LogP contribution in [0, 0.1) is 5.92 Å². The summed E-state index contributed by atoms with van der Waals surface area (Å²) in [7, 11) is 5.30. The molecule has 174 valence electrons. The van der Waals surface area contributed by atoms with Gasteiger partial charge in [-0.15, -0.1) is 0 Å². The quantitative estimate of drug-likeness (QED) is 0.390. The summed E-state index contributed by atoms with van der Waals surface area (Å²) in [5.74, 6) is 1.11. The number of carbonyl (C=O) groups is 1. The molecule has 1 aromatic heterocycles. The second-order valence-electron chi connectivity index (χ2n) is 9.06. The van der Waals surface area contributed by atoms with Gasteiger partial charge in [0.1, 0.15) is 25.4 Å². The molecule has 3 rings (SSSR count). The number of amides is 1. The lowest BCUT2D eigenvalue weighted by atomic mass is 9.75. The van der Waals surface area contributed by atoms with Gasteiger partial charge in [-0.2, -0.15) is 0 Å². The largest absolute Gasteiger partial charge is 0.490 e. The summed E-state index contributed by atoms with van der Waals surface area (Å²) < 4.78 is 22.7. The van der Waals surface area contributed by atoms with E-state index in [0.717, 1.165) is 43.8 Å². The third-order valence-electron chi connectivity index (χ3n) is 6.13. The van der Waals surface area contributed by atoms with Crippen molar-refractivity contribution in [3.8, 4) is 5.75 Å². The van der Waals surface area contributed by atoms with Gasteiger partial charge in [-0.3, -0.25) is 9.78 Å². The lowest BCUT2D eigenvalue weighted by Gasteiger charge is -2.55. The molecule has 3 heterocycles. The molecule has 1 aromatic rings. The van der Waals surface area contributed by atoms with Gasteiger partial charge < -0.3 is 28.7 Å². The van der Waals surface area contributed by atoms with Crippen molar-refractivity contribution in [2.75, 3.05) is 47.9 Å². The highest BCUT2D eigenvalue weighted by Gasteiger charge is 2.62. The van der Waals surface area contributed by atoms with Crippen LogP contribution in [0.3, 0.4) is 0 Å². The first kappa shape index (κ1) is 23.9. The standard InChI is InChI=1S/C23H37N3O5/c1-17(2)12-21-23(30-16-29-5,22(27)26(21)15-28-4)14-18-13-20(6-9-24-18)31-19-7-10-25(3)11-8-19/h6,9,13,17,19,21H,7-8,10-12,14-16H2,1-5H3. The second kappa shape index (κ2) is 10.7. The fraction of sp³-hybridized carbons (Fsp3) is 0.739. The third-order valence-corrected chi connectivity index (χ3v) is 6.13. The number of ether oxygens (including phenoxy) is 4. The van der Waals surface area contributed by atoms with Crippen LogP contribution in [-0.2, 0) is 25.4 Å². The molecular weight excluding hydrogens is 398 g/mol. The number of rotatable bonds is 11. The van der Waals surface area contributed by atoms with Gasteiger partial charge in [-0.1, -0.05) is 13.8 Å². The number of piperidine rings is 1.